The van der Waals surface area contributed by atoms with E-state index in [4.69, 9.17) is 16.3 Å². The van der Waals surface area contributed by atoms with E-state index in [2.05, 4.69) is 0 Å². The van der Waals surface area contributed by atoms with Gasteiger partial charge in [0.1, 0.15) is 0 Å². The molecule has 0 radical (unpaired) electrons. The molecule has 0 spiro atoms. The first-order chi connectivity index (χ1) is 10.1. The lowest BCUT2D eigenvalue weighted by atomic mass is 9.99. The number of esters is 1. The first kappa shape index (κ1) is 14.1. The topological polar surface area (TPSA) is 49.9 Å². The Balaban J connectivity index is 1.98. The van der Waals surface area contributed by atoms with Crippen LogP contribution in [0.5, 0.6) is 0 Å². The molecule has 2 aliphatic heterocycles. The van der Waals surface area contributed by atoms with E-state index in [-0.39, 0.29) is 17.9 Å². The van der Waals surface area contributed by atoms with Crippen molar-refractivity contribution in [1.29, 1.82) is 0 Å². The van der Waals surface area contributed by atoms with E-state index in [1.165, 1.54) is 5.01 Å². The van der Waals surface area contributed by atoms with Gasteiger partial charge in [0.15, 0.2) is 0 Å². The molecule has 0 aromatic heterocycles. The van der Waals surface area contributed by atoms with Gasteiger partial charge >= 0.3 is 5.97 Å². The first-order valence-corrected chi connectivity index (χ1v) is 7.22. The zero-order valence-electron chi connectivity index (χ0n) is 11.6. The van der Waals surface area contributed by atoms with Crippen molar-refractivity contribution in [2.24, 2.45) is 0 Å². The van der Waals surface area contributed by atoms with Crippen LogP contribution in [-0.2, 0) is 14.3 Å². The third kappa shape index (κ3) is 2.43. The molecular formula is C15H15ClN2O3. The van der Waals surface area contributed by atoms with Crippen LogP contribution in [0.3, 0.4) is 0 Å². The molecule has 1 aromatic rings. The summed E-state index contributed by atoms with van der Waals surface area (Å²) in [6.45, 7) is 2.65. The summed E-state index contributed by atoms with van der Waals surface area (Å²) in [7, 11) is 0. The van der Waals surface area contributed by atoms with E-state index in [0.717, 1.165) is 5.56 Å². The minimum absolute atomic E-state index is 0.00624. The van der Waals surface area contributed by atoms with E-state index in [1.54, 1.807) is 25.3 Å². The molecule has 1 saturated heterocycles. The van der Waals surface area contributed by atoms with Crippen LogP contribution >= 0.6 is 11.6 Å². The summed E-state index contributed by atoms with van der Waals surface area (Å²) in [4.78, 5) is 24.0. The average molecular weight is 307 g/mol. The summed E-state index contributed by atoms with van der Waals surface area (Å²) < 4.78 is 5.10. The molecule has 1 aromatic carbocycles. The van der Waals surface area contributed by atoms with Crippen molar-refractivity contribution in [3.05, 3.63) is 46.6 Å². The smallest absolute Gasteiger partial charge is 0.337 e. The predicted molar refractivity (Wildman–Crippen MR) is 77.1 cm³/mol. The first-order valence-electron chi connectivity index (χ1n) is 6.84. The van der Waals surface area contributed by atoms with Crippen molar-refractivity contribution in [3.63, 3.8) is 0 Å². The quantitative estimate of drug-likeness (QED) is 0.804. The number of halogens is 1. The van der Waals surface area contributed by atoms with Gasteiger partial charge in [-0.2, -0.15) is 0 Å². The zero-order valence-corrected chi connectivity index (χ0v) is 12.3. The van der Waals surface area contributed by atoms with Crippen LogP contribution in [0.25, 0.3) is 0 Å². The van der Waals surface area contributed by atoms with Crippen molar-refractivity contribution < 1.29 is 14.3 Å². The Labute approximate surface area is 127 Å². The Bertz CT molecular complexity index is 612. The highest BCUT2D eigenvalue weighted by Crippen LogP contribution is 2.39. The van der Waals surface area contributed by atoms with Gasteiger partial charge in [0.2, 0.25) is 5.91 Å². The third-order valence-corrected chi connectivity index (χ3v) is 3.89. The molecule has 1 unspecified atom stereocenters. The molecule has 3 rings (SSSR count). The fourth-order valence-corrected chi connectivity index (χ4v) is 2.84. The van der Waals surface area contributed by atoms with Gasteiger partial charge in [0.05, 0.1) is 18.2 Å². The monoisotopic (exact) mass is 306 g/mol. The number of fused-ring (bicyclic) bond motifs is 1. The molecule has 0 saturated carbocycles. The maximum absolute atomic E-state index is 12.2. The number of rotatable bonds is 3. The van der Waals surface area contributed by atoms with Gasteiger partial charge in [-0.05, 0) is 24.6 Å². The molecule has 0 aliphatic carbocycles. The van der Waals surface area contributed by atoms with Crippen molar-refractivity contribution in [3.8, 4) is 0 Å². The van der Waals surface area contributed by atoms with Gasteiger partial charge < -0.3 is 4.74 Å². The van der Waals surface area contributed by atoms with Gasteiger partial charge in [-0.25, -0.2) is 14.8 Å². The number of carbonyl (C=O) groups is 2. The van der Waals surface area contributed by atoms with Crippen LogP contribution in [-0.4, -0.2) is 35.0 Å². The lowest BCUT2D eigenvalue weighted by molar-refractivity contribution is -0.139. The highest BCUT2D eigenvalue weighted by atomic mass is 35.5. The molecule has 5 nitrogen and oxygen atoms in total. The van der Waals surface area contributed by atoms with E-state index in [0.29, 0.717) is 30.2 Å². The second-order valence-electron chi connectivity index (χ2n) is 4.91. The zero-order chi connectivity index (χ0) is 15.0. The molecule has 1 fully saturated rings. The summed E-state index contributed by atoms with van der Waals surface area (Å²) in [6, 6.07) is 6.99. The maximum atomic E-state index is 12.2. The maximum Gasteiger partial charge on any atom is 0.337 e. The van der Waals surface area contributed by atoms with Crippen LogP contribution in [0.2, 0.25) is 5.02 Å². The van der Waals surface area contributed by atoms with Crippen molar-refractivity contribution in [1.82, 2.24) is 10.0 Å². The fraction of sp³-hybridized carbons (Fsp3) is 0.333. The number of amides is 1. The summed E-state index contributed by atoms with van der Waals surface area (Å²) >= 11 is 5.92. The number of carbonyl (C=O) groups excluding carboxylic acids is 2. The van der Waals surface area contributed by atoms with Crippen LogP contribution in [0, 0.1) is 0 Å². The molecule has 2 heterocycles. The second-order valence-corrected chi connectivity index (χ2v) is 5.35. The highest BCUT2D eigenvalue weighted by Gasteiger charge is 2.44. The standard InChI is InChI=1S/C15H15ClN2O3/c1-2-21-15(20)12-9-18-13(19)7-8-17(18)14(12)10-3-5-11(16)6-4-10/h3-6,9,14H,2,7-8H2,1H3. The van der Waals surface area contributed by atoms with Crippen molar-refractivity contribution in [2.75, 3.05) is 13.2 Å². The molecule has 6 heteroatoms. The number of ether oxygens (including phenoxy) is 1. The number of hydrazine groups is 1. The number of hydrogen-bond donors (Lipinski definition) is 0. The highest BCUT2D eigenvalue weighted by molar-refractivity contribution is 6.30. The minimum Gasteiger partial charge on any atom is -0.463 e. The summed E-state index contributed by atoms with van der Waals surface area (Å²) in [5, 5.41) is 4.04. The van der Waals surface area contributed by atoms with Crippen LogP contribution in [0.1, 0.15) is 24.9 Å². The van der Waals surface area contributed by atoms with Crippen molar-refractivity contribution >= 4 is 23.5 Å². The Kier molecular flexibility index (Phi) is 3.69. The lowest BCUT2D eigenvalue weighted by Crippen LogP contribution is -2.33. The van der Waals surface area contributed by atoms with Crippen LogP contribution in [0.4, 0.5) is 0 Å². The molecule has 110 valence electrons. The molecule has 0 bridgehead atoms. The largest absolute Gasteiger partial charge is 0.463 e. The number of benzene rings is 1. The van der Waals surface area contributed by atoms with E-state index >= 15 is 0 Å². The number of hydrogen-bond acceptors (Lipinski definition) is 4. The second kappa shape index (κ2) is 5.50. The lowest BCUT2D eigenvalue weighted by Gasteiger charge is -2.26. The van der Waals surface area contributed by atoms with Crippen molar-refractivity contribution in [2.45, 2.75) is 19.4 Å². The molecule has 1 atom stereocenters. The Hall–Kier alpha value is -1.85. The molecule has 0 N–H and O–H groups in total. The van der Waals surface area contributed by atoms with E-state index in [9.17, 15) is 9.59 Å². The Morgan fingerprint density at radius 3 is 2.76 bits per heavy atom. The van der Waals surface area contributed by atoms with Gasteiger partial charge in [-0.3, -0.25) is 4.79 Å². The summed E-state index contributed by atoms with van der Waals surface area (Å²) in [5.41, 5.74) is 1.39. The fourth-order valence-electron chi connectivity index (χ4n) is 2.71. The van der Waals surface area contributed by atoms with Gasteiger partial charge in [0.25, 0.3) is 0 Å². The third-order valence-electron chi connectivity index (χ3n) is 3.64. The van der Waals surface area contributed by atoms with E-state index in [1.807, 2.05) is 17.1 Å². The SMILES string of the molecule is CCOC(=O)C1=CN2C(=O)CCN2C1c1ccc(Cl)cc1. The number of nitrogens with zero attached hydrogens (tertiary/aromatic N) is 2. The van der Waals surface area contributed by atoms with Gasteiger partial charge in [-0.15, -0.1) is 0 Å². The molecular weight excluding hydrogens is 292 g/mol. The average Bonchev–Trinajstić information content (AvgIpc) is 3.01. The van der Waals surface area contributed by atoms with Crippen LogP contribution < -0.4 is 0 Å². The van der Waals surface area contributed by atoms with Gasteiger partial charge in [0, 0.05) is 24.2 Å². The minimum atomic E-state index is -0.389. The van der Waals surface area contributed by atoms with E-state index < -0.39 is 0 Å². The van der Waals surface area contributed by atoms with Crippen LogP contribution in [0.15, 0.2) is 36.0 Å². The Morgan fingerprint density at radius 2 is 2.10 bits per heavy atom. The molecule has 21 heavy (non-hydrogen) atoms. The molecule has 1 amide bonds. The normalized spacial score (nSPS) is 21.4. The van der Waals surface area contributed by atoms with Gasteiger partial charge in [-0.1, -0.05) is 23.7 Å². The predicted octanol–water partition coefficient (Wildman–Crippen LogP) is 2.29. The summed E-state index contributed by atoms with van der Waals surface area (Å²) in [6.07, 6.45) is 2.04. The summed E-state index contributed by atoms with van der Waals surface area (Å²) in [5.74, 6) is -0.395. The molecule has 2 aliphatic rings. The Morgan fingerprint density at radius 1 is 1.38 bits per heavy atom.